The average Bonchev–Trinajstić information content (AvgIpc) is 2.58. The van der Waals surface area contributed by atoms with Crippen molar-refractivity contribution in [3.63, 3.8) is 0 Å². The molecule has 0 unspecified atom stereocenters. The van der Waals surface area contributed by atoms with Crippen LogP contribution in [-0.4, -0.2) is 23.5 Å². The molecular weight excluding hydrogens is 306 g/mol. The van der Waals surface area contributed by atoms with Crippen LogP contribution in [0.25, 0.3) is 0 Å². The van der Waals surface area contributed by atoms with Crippen LogP contribution in [0.5, 0.6) is 0 Å². The first kappa shape index (κ1) is 17.0. The third-order valence-electron chi connectivity index (χ3n) is 3.39. The maximum Gasteiger partial charge on any atom is 0.322 e. The summed E-state index contributed by atoms with van der Waals surface area (Å²) in [5.41, 5.74) is 3.18. The van der Waals surface area contributed by atoms with Gasteiger partial charge in [-0.1, -0.05) is 23.8 Å². The fourth-order valence-corrected chi connectivity index (χ4v) is 2.20. The van der Waals surface area contributed by atoms with Gasteiger partial charge in [0, 0.05) is 17.8 Å². The lowest BCUT2D eigenvalue weighted by atomic mass is 10.1. The lowest BCUT2D eigenvalue weighted by molar-refractivity contribution is -0.134. The summed E-state index contributed by atoms with van der Waals surface area (Å²) >= 11 is 0. The van der Waals surface area contributed by atoms with E-state index in [1.54, 1.807) is 30.3 Å². The Kier molecular flexibility index (Phi) is 5.53. The third kappa shape index (κ3) is 4.58. The molecule has 0 bridgehead atoms. The van der Waals surface area contributed by atoms with Crippen LogP contribution in [0.2, 0.25) is 0 Å². The van der Waals surface area contributed by atoms with Gasteiger partial charge in [-0.3, -0.25) is 9.59 Å². The minimum absolute atomic E-state index is 0.216. The van der Waals surface area contributed by atoms with E-state index in [0.29, 0.717) is 22.4 Å². The second kappa shape index (κ2) is 7.79. The van der Waals surface area contributed by atoms with Gasteiger partial charge >= 0.3 is 5.97 Å². The molecule has 6 heteroatoms. The van der Waals surface area contributed by atoms with Gasteiger partial charge in [0.05, 0.1) is 11.6 Å². The van der Waals surface area contributed by atoms with Crippen LogP contribution < -0.4 is 10.6 Å². The molecule has 2 rings (SSSR count). The number of anilines is 1. The number of carboxylic acid groups (broad SMARTS) is 1. The number of nitrogens with zero attached hydrogens (tertiary/aromatic N) is 1. The maximum atomic E-state index is 12.2. The summed E-state index contributed by atoms with van der Waals surface area (Å²) in [7, 11) is 0. The number of hydrogen-bond donors (Lipinski definition) is 3. The third-order valence-corrected chi connectivity index (χ3v) is 3.39. The number of rotatable bonds is 6. The number of nitriles is 1. The molecule has 0 aliphatic carbocycles. The SMILES string of the molecule is Cc1cccc(C(=O)NCc2ccc(C#N)cc2NCC(=O)O)c1. The number of aryl methyl sites for hydroxylation is 1. The Balaban J connectivity index is 2.12. The Morgan fingerprint density at radius 1 is 1.21 bits per heavy atom. The van der Waals surface area contributed by atoms with Crippen LogP contribution in [0.3, 0.4) is 0 Å². The van der Waals surface area contributed by atoms with Crippen molar-refractivity contribution in [3.8, 4) is 6.07 Å². The number of nitrogens with one attached hydrogen (secondary N) is 2. The first-order valence-electron chi connectivity index (χ1n) is 7.33. The van der Waals surface area contributed by atoms with E-state index in [1.165, 1.54) is 0 Å². The lowest BCUT2D eigenvalue weighted by Gasteiger charge is -2.12. The van der Waals surface area contributed by atoms with E-state index < -0.39 is 5.97 Å². The molecule has 1 amide bonds. The molecule has 3 N–H and O–H groups in total. The van der Waals surface area contributed by atoms with Crippen LogP contribution >= 0.6 is 0 Å². The van der Waals surface area contributed by atoms with Crippen LogP contribution in [-0.2, 0) is 11.3 Å². The Labute approximate surface area is 139 Å². The molecule has 24 heavy (non-hydrogen) atoms. The molecule has 0 radical (unpaired) electrons. The van der Waals surface area contributed by atoms with Gasteiger partial charge in [0.25, 0.3) is 5.91 Å². The molecule has 2 aromatic carbocycles. The van der Waals surface area contributed by atoms with Crippen molar-refractivity contribution >= 4 is 17.6 Å². The number of carbonyl (C=O) groups is 2. The quantitative estimate of drug-likeness (QED) is 0.757. The zero-order valence-corrected chi connectivity index (χ0v) is 13.2. The van der Waals surface area contributed by atoms with Gasteiger partial charge in [0.2, 0.25) is 0 Å². The summed E-state index contributed by atoms with van der Waals surface area (Å²) < 4.78 is 0. The Morgan fingerprint density at radius 2 is 2.00 bits per heavy atom. The minimum atomic E-state index is -1.01. The summed E-state index contributed by atoms with van der Waals surface area (Å²) in [5, 5.41) is 23.3. The zero-order chi connectivity index (χ0) is 17.5. The Hall–Kier alpha value is -3.33. The molecule has 122 valence electrons. The summed E-state index contributed by atoms with van der Waals surface area (Å²) in [6.07, 6.45) is 0. The number of amides is 1. The molecule has 0 spiro atoms. The van der Waals surface area contributed by atoms with Crippen molar-refractivity contribution in [2.24, 2.45) is 0 Å². The van der Waals surface area contributed by atoms with Crippen molar-refractivity contribution < 1.29 is 14.7 Å². The molecule has 6 nitrogen and oxygen atoms in total. The van der Waals surface area contributed by atoms with E-state index in [4.69, 9.17) is 10.4 Å². The standard InChI is InChI=1S/C18H17N3O3/c1-12-3-2-4-14(7-12)18(24)21-10-15-6-5-13(9-19)8-16(15)20-11-17(22)23/h2-8,20H,10-11H2,1H3,(H,21,24)(H,22,23). The van der Waals surface area contributed by atoms with E-state index in [9.17, 15) is 9.59 Å². The van der Waals surface area contributed by atoms with Gasteiger partial charge in [-0.25, -0.2) is 0 Å². The summed E-state index contributed by atoms with van der Waals surface area (Å²) in [5.74, 6) is -1.22. The number of carbonyl (C=O) groups excluding carboxylic acids is 1. The largest absolute Gasteiger partial charge is 0.480 e. The molecule has 0 aliphatic heterocycles. The normalized spacial score (nSPS) is 9.83. The van der Waals surface area contributed by atoms with Gasteiger partial charge in [-0.05, 0) is 36.8 Å². The van der Waals surface area contributed by atoms with E-state index in [1.807, 2.05) is 25.1 Å². The predicted molar refractivity (Wildman–Crippen MR) is 89.6 cm³/mol. The summed E-state index contributed by atoms with van der Waals surface area (Å²) in [6, 6.07) is 14.1. The predicted octanol–water partition coefficient (Wildman–Crippen LogP) is 2.29. The van der Waals surface area contributed by atoms with Gasteiger partial charge in [-0.15, -0.1) is 0 Å². The Morgan fingerprint density at radius 3 is 2.67 bits per heavy atom. The summed E-state index contributed by atoms with van der Waals surface area (Å²) in [4.78, 5) is 22.9. The molecule has 0 saturated carbocycles. The number of carboxylic acids is 1. The van der Waals surface area contributed by atoms with E-state index in [2.05, 4.69) is 10.6 Å². The molecule has 0 fully saturated rings. The number of benzene rings is 2. The first-order valence-corrected chi connectivity index (χ1v) is 7.33. The van der Waals surface area contributed by atoms with Crippen molar-refractivity contribution in [2.75, 3.05) is 11.9 Å². The van der Waals surface area contributed by atoms with Gasteiger partial charge < -0.3 is 15.7 Å². The van der Waals surface area contributed by atoms with Crippen LogP contribution in [0.1, 0.15) is 27.0 Å². The van der Waals surface area contributed by atoms with Gasteiger partial charge in [-0.2, -0.15) is 5.26 Å². The summed E-state index contributed by atoms with van der Waals surface area (Å²) in [6.45, 7) is 1.86. The van der Waals surface area contributed by atoms with Crippen LogP contribution in [0.15, 0.2) is 42.5 Å². The van der Waals surface area contributed by atoms with Crippen molar-refractivity contribution in [1.29, 1.82) is 5.26 Å². The highest BCUT2D eigenvalue weighted by molar-refractivity contribution is 5.94. The zero-order valence-electron chi connectivity index (χ0n) is 13.2. The fraction of sp³-hybridized carbons (Fsp3) is 0.167. The molecule has 0 aromatic heterocycles. The minimum Gasteiger partial charge on any atom is -0.480 e. The molecule has 0 aliphatic rings. The van der Waals surface area contributed by atoms with Crippen molar-refractivity contribution in [3.05, 3.63) is 64.7 Å². The Bertz CT molecular complexity index is 809. The van der Waals surface area contributed by atoms with Gasteiger partial charge in [0.15, 0.2) is 0 Å². The number of hydrogen-bond acceptors (Lipinski definition) is 4. The molecule has 0 saturated heterocycles. The highest BCUT2D eigenvalue weighted by Crippen LogP contribution is 2.18. The van der Waals surface area contributed by atoms with E-state index in [-0.39, 0.29) is 19.0 Å². The second-order valence-electron chi connectivity index (χ2n) is 5.28. The van der Waals surface area contributed by atoms with Crippen LogP contribution in [0.4, 0.5) is 5.69 Å². The van der Waals surface area contributed by atoms with E-state index >= 15 is 0 Å². The highest BCUT2D eigenvalue weighted by Gasteiger charge is 2.09. The highest BCUT2D eigenvalue weighted by atomic mass is 16.4. The second-order valence-corrected chi connectivity index (χ2v) is 5.28. The first-order chi connectivity index (χ1) is 11.5. The van der Waals surface area contributed by atoms with Crippen LogP contribution in [0, 0.1) is 18.3 Å². The lowest BCUT2D eigenvalue weighted by Crippen LogP contribution is -2.24. The maximum absolute atomic E-state index is 12.2. The molecular formula is C18H17N3O3. The monoisotopic (exact) mass is 323 g/mol. The molecule has 0 heterocycles. The smallest absolute Gasteiger partial charge is 0.322 e. The van der Waals surface area contributed by atoms with E-state index in [0.717, 1.165) is 5.56 Å². The van der Waals surface area contributed by atoms with Crippen molar-refractivity contribution in [1.82, 2.24) is 5.32 Å². The molecule has 0 atom stereocenters. The average molecular weight is 323 g/mol. The van der Waals surface area contributed by atoms with Gasteiger partial charge in [0.1, 0.15) is 6.54 Å². The molecule has 2 aromatic rings. The number of aliphatic carboxylic acids is 1. The van der Waals surface area contributed by atoms with Crippen molar-refractivity contribution in [2.45, 2.75) is 13.5 Å². The fourth-order valence-electron chi connectivity index (χ4n) is 2.20. The topological polar surface area (TPSA) is 102 Å².